The molecule has 3 aromatic rings. The smallest absolute Gasteiger partial charge is 0.262 e. The van der Waals surface area contributed by atoms with Crippen molar-refractivity contribution >= 4 is 37.5 Å². The Balaban J connectivity index is 2.28. The highest BCUT2D eigenvalue weighted by Crippen LogP contribution is 2.31. The standard InChI is InChI=1S/C15H13BrN2O2S/c1-9-17-14-13(15(20)18(9)6-7-19)12(8-21-14)10-2-4-11(16)5-3-10/h2-5,8,19H,6-7H2,1H3. The molecule has 0 fully saturated rings. The summed E-state index contributed by atoms with van der Waals surface area (Å²) in [5.41, 5.74) is 1.79. The molecule has 6 heteroatoms. The van der Waals surface area contributed by atoms with Gasteiger partial charge in [0.25, 0.3) is 5.56 Å². The molecule has 0 atom stereocenters. The third-order valence-corrected chi connectivity index (χ3v) is 4.76. The van der Waals surface area contributed by atoms with Crippen LogP contribution >= 0.6 is 27.3 Å². The van der Waals surface area contributed by atoms with Gasteiger partial charge in [0.1, 0.15) is 10.7 Å². The van der Waals surface area contributed by atoms with Crippen molar-refractivity contribution in [1.82, 2.24) is 9.55 Å². The summed E-state index contributed by atoms with van der Waals surface area (Å²) in [6.07, 6.45) is 0. The van der Waals surface area contributed by atoms with Gasteiger partial charge in [-0.25, -0.2) is 4.98 Å². The molecular weight excluding hydrogens is 352 g/mol. The average Bonchev–Trinajstić information content (AvgIpc) is 2.88. The average molecular weight is 365 g/mol. The maximum Gasteiger partial charge on any atom is 0.262 e. The molecule has 0 amide bonds. The second kappa shape index (κ2) is 5.71. The maximum absolute atomic E-state index is 12.7. The largest absolute Gasteiger partial charge is 0.395 e. The summed E-state index contributed by atoms with van der Waals surface area (Å²) < 4.78 is 2.52. The Hall–Kier alpha value is -1.50. The molecule has 0 aliphatic rings. The maximum atomic E-state index is 12.7. The summed E-state index contributed by atoms with van der Waals surface area (Å²) >= 11 is 4.88. The number of fused-ring (bicyclic) bond motifs is 1. The highest BCUT2D eigenvalue weighted by atomic mass is 79.9. The Morgan fingerprint density at radius 3 is 2.71 bits per heavy atom. The molecule has 1 aromatic carbocycles. The molecule has 0 saturated heterocycles. The van der Waals surface area contributed by atoms with Crippen molar-refractivity contribution < 1.29 is 5.11 Å². The summed E-state index contributed by atoms with van der Waals surface area (Å²) in [6.45, 7) is 1.98. The van der Waals surface area contributed by atoms with Gasteiger partial charge in [0.15, 0.2) is 0 Å². The number of aryl methyl sites for hydroxylation is 1. The zero-order valence-electron chi connectivity index (χ0n) is 11.3. The summed E-state index contributed by atoms with van der Waals surface area (Å²) in [4.78, 5) is 17.9. The van der Waals surface area contributed by atoms with E-state index in [1.807, 2.05) is 29.6 Å². The van der Waals surface area contributed by atoms with Crippen LogP contribution in [0.5, 0.6) is 0 Å². The number of aromatic nitrogens is 2. The van der Waals surface area contributed by atoms with Crippen LogP contribution in [0.3, 0.4) is 0 Å². The number of thiophene rings is 1. The Labute approximate surface area is 133 Å². The zero-order chi connectivity index (χ0) is 15.0. The quantitative estimate of drug-likeness (QED) is 0.776. The van der Waals surface area contributed by atoms with Crippen LogP contribution in [0.4, 0.5) is 0 Å². The van der Waals surface area contributed by atoms with Gasteiger partial charge >= 0.3 is 0 Å². The van der Waals surface area contributed by atoms with Crippen molar-refractivity contribution in [3.63, 3.8) is 0 Å². The lowest BCUT2D eigenvalue weighted by molar-refractivity contribution is 0.272. The molecule has 0 spiro atoms. The molecule has 21 heavy (non-hydrogen) atoms. The Bertz CT molecular complexity index is 852. The van der Waals surface area contributed by atoms with Crippen LogP contribution in [-0.2, 0) is 6.54 Å². The first-order chi connectivity index (χ1) is 10.1. The molecule has 2 heterocycles. The molecule has 4 nitrogen and oxygen atoms in total. The van der Waals surface area contributed by atoms with Gasteiger partial charge < -0.3 is 5.11 Å². The number of nitrogens with zero attached hydrogens (tertiary/aromatic N) is 2. The van der Waals surface area contributed by atoms with E-state index in [9.17, 15) is 4.79 Å². The summed E-state index contributed by atoms with van der Waals surface area (Å²) in [7, 11) is 0. The molecule has 0 aliphatic heterocycles. The van der Waals surface area contributed by atoms with E-state index in [0.29, 0.717) is 11.2 Å². The third kappa shape index (κ3) is 2.54. The summed E-state index contributed by atoms with van der Waals surface area (Å²) in [5.74, 6) is 0.630. The molecule has 3 rings (SSSR count). The van der Waals surface area contributed by atoms with E-state index in [1.54, 1.807) is 6.92 Å². The van der Waals surface area contributed by atoms with Gasteiger partial charge in [-0.1, -0.05) is 28.1 Å². The van der Waals surface area contributed by atoms with Crippen LogP contribution < -0.4 is 5.56 Å². The number of hydrogen-bond acceptors (Lipinski definition) is 4. The van der Waals surface area contributed by atoms with Crippen molar-refractivity contribution in [2.45, 2.75) is 13.5 Å². The van der Waals surface area contributed by atoms with Crippen molar-refractivity contribution in [2.24, 2.45) is 0 Å². The normalized spacial score (nSPS) is 11.2. The van der Waals surface area contributed by atoms with Crippen LogP contribution in [0.2, 0.25) is 0 Å². The van der Waals surface area contributed by atoms with Gasteiger partial charge in [-0.3, -0.25) is 9.36 Å². The molecule has 108 valence electrons. The van der Waals surface area contributed by atoms with Crippen LogP contribution in [0.15, 0.2) is 38.9 Å². The minimum absolute atomic E-state index is 0.0777. The second-order valence-corrected chi connectivity index (χ2v) is 6.45. The van der Waals surface area contributed by atoms with Gasteiger partial charge in [0.2, 0.25) is 0 Å². The van der Waals surface area contributed by atoms with Crippen LogP contribution in [0.25, 0.3) is 21.3 Å². The van der Waals surface area contributed by atoms with Gasteiger partial charge in [0, 0.05) is 15.4 Å². The van der Waals surface area contributed by atoms with E-state index in [2.05, 4.69) is 20.9 Å². The van der Waals surface area contributed by atoms with Crippen molar-refractivity contribution in [1.29, 1.82) is 0 Å². The Morgan fingerprint density at radius 2 is 2.05 bits per heavy atom. The molecule has 0 saturated carbocycles. The van der Waals surface area contributed by atoms with Crippen molar-refractivity contribution in [3.8, 4) is 11.1 Å². The van der Waals surface area contributed by atoms with E-state index in [0.717, 1.165) is 20.4 Å². The second-order valence-electron chi connectivity index (χ2n) is 4.68. The predicted octanol–water partition coefficient (Wildman–Crippen LogP) is 3.19. The lowest BCUT2D eigenvalue weighted by atomic mass is 10.1. The van der Waals surface area contributed by atoms with Gasteiger partial charge in [-0.2, -0.15) is 0 Å². The number of benzene rings is 1. The fourth-order valence-electron chi connectivity index (χ4n) is 2.33. The zero-order valence-corrected chi connectivity index (χ0v) is 13.7. The third-order valence-electron chi connectivity index (χ3n) is 3.36. The highest BCUT2D eigenvalue weighted by Gasteiger charge is 2.15. The molecule has 0 radical (unpaired) electrons. The van der Waals surface area contributed by atoms with Crippen LogP contribution in [-0.4, -0.2) is 21.3 Å². The highest BCUT2D eigenvalue weighted by molar-refractivity contribution is 9.10. The van der Waals surface area contributed by atoms with Crippen molar-refractivity contribution in [3.05, 3.63) is 50.3 Å². The SMILES string of the molecule is Cc1nc2scc(-c3ccc(Br)cc3)c2c(=O)n1CCO. The number of aliphatic hydroxyl groups is 1. The predicted molar refractivity (Wildman–Crippen MR) is 88.8 cm³/mol. The molecule has 2 aromatic heterocycles. The first-order valence-corrected chi connectivity index (χ1v) is 8.14. The fourth-order valence-corrected chi connectivity index (χ4v) is 3.58. The van der Waals surface area contributed by atoms with E-state index < -0.39 is 0 Å². The topological polar surface area (TPSA) is 55.1 Å². The molecule has 0 unspecified atom stereocenters. The molecule has 0 bridgehead atoms. The first-order valence-electron chi connectivity index (χ1n) is 6.47. The fraction of sp³-hybridized carbons (Fsp3) is 0.200. The van der Waals surface area contributed by atoms with Gasteiger partial charge in [-0.15, -0.1) is 11.3 Å². The minimum Gasteiger partial charge on any atom is -0.395 e. The van der Waals surface area contributed by atoms with E-state index in [4.69, 9.17) is 5.11 Å². The summed E-state index contributed by atoms with van der Waals surface area (Å²) in [6, 6.07) is 7.85. The molecular formula is C15H13BrN2O2S. The monoisotopic (exact) mass is 364 g/mol. The Morgan fingerprint density at radius 1 is 1.33 bits per heavy atom. The van der Waals surface area contributed by atoms with E-state index in [1.165, 1.54) is 15.9 Å². The van der Waals surface area contributed by atoms with E-state index >= 15 is 0 Å². The number of aliphatic hydroxyl groups excluding tert-OH is 1. The van der Waals surface area contributed by atoms with Crippen LogP contribution in [0.1, 0.15) is 5.82 Å². The number of rotatable bonds is 3. The summed E-state index contributed by atoms with van der Waals surface area (Å²) in [5, 5.41) is 11.7. The molecule has 0 aliphatic carbocycles. The minimum atomic E-state index is -0.0919. The molecule has 1 N–H and O–H groups in total. The number of hydrogen-bond donors (Lipinski definition) is 1. The number of halogens is 1. The van der Waals surface area contributed by atoms with Crippen molar-refractivity contribution in [2.75, 3.05) is 6.61 Å². The van der Waals surface area contributed by atoms with Crippen LogP contribution in [0, 0.1) is 6.92 Å². The Kier molecular flexibility index (Phi) is 3.93. The first kappa shape index (κ1) is 14.4. The lowest BCUT2D eigenvalue weighted by Crippen LogP contribution is -2.25. The van der Waals surface area contributed by atoms with Gasteiger partial charge in [0.05, 0.1) is 18.5 Å². The van der Waals surface area contributed by atoms with E-state index in [-0.39, 0.29) is 18.7 Å². The lowest BCUT2D eigenvalue weighted by Gasteiger charge is -2.08. The van der Waals surface area contributed by atoms with Gasteiger partial charge in [-0.05, 0) is 24.6 Å².